The standard InChI is InChI=1S/C10H13Cl3N2O2/c11-6(9(12)13)5-14-10(17)7-3-1-2-4-8(16)15-7/h7H,1-5H2,(H,14,17)(H,15,16)/t7-/m0/s1. The molecule has 1 aliphatic rings. The minimum absolute atomic E-state index is 0.0646. The molecule has 0 aliphatic carbocycles. The number of rotatable bonds is 3. The molecule has 0 saturated carbocycles. The molecule has 1 fully saturated rings. The molecule has 17 heavy (non-hydrogen) atoms. The van der Waals surface area contributed by atoms with Crippen molar-refractivity contribution in [3.8, 4) is 0 Å². The van der Waals surface area contributed by atoms with Crippen LogP contribution in [0.5, 0.6) is 0 Å². The summed E-state index contributed by atoms with van der Waals surface area (Å²) in [6, 6.07) is -0.497. The van der Waals surface area contributed by atoms with Gasteiger partial charge in [-0.25, -0.2) is 0 Å². The van der Waals surface area contributed by atoms with Crippen molar-refractivity contribution < 1.29 is 9.59 Å². The summed E-state index contributed by atoms with van der Waals surface area (Å²) in [6.45, 7) is 0.0646. The SMILES string of the molecule is O=C1CCCC[C@@H](C(=O)NCC(Cl)=C(Cl)Cl)N1. The van der Waals surface area contributed by atoms with Gasteiger partial charge in [0.1, 0.15) is 10.5 Å². The van der Waals surface area contributed by atoms with Gasteiger partial charge in [0.05, 0.1) is 11.6 Å². The van der Waals surface area contributed by atoms with E-state index in [-0.39, 0.29) is 27.9 Å². The Morgan fingerprint density at radius 3 is 2.71 bits per heavy atom. The summed E-state index contributed by atoms with van der Waals surface area (Å²) in [5.74, 6) is -0.368. The summed E-state index contributed by atoms with van der Waals surface area (Å²) in [7, 11) is 0. The molecular formula is C10H13Cl3N2O2. The highest BCUT2D eigenvalue weighted by Gasteiger charge is 2.22. The largest absolute Gasteiger partial charge is 0.349 e. The second-order valence-corrected chi connectivity index (χ2v) is 5.15. The number of carbonyl (C=O) groups is 2. The maximum atomic E-state index is 11.7. The number of nitrogens with one attached hydrogen (secondary N) is 2. The van der Waals surface area contributed by atoms with Crippen molar-refractivity contribution in [1.82, 2.24) is 10.6 Å². The molecule has 1 rings (SSSR count). The summed E-state index contributed by atoms with van der Waals surface area (Å²) in [5, 5.41) is 5.39. The molecule has 1 aliphatic heterocycles. The molecule has 2 amide bonds. The van der Waals surface area contributed by atoms with Crippen molar-refractivity contribution >= 4 is 46.6 Å². The predicted octanol–water partition coefficient (Wildman–Crippen LogP) is 2.05. The van der Waals surface area contributed by atoms with Gasteiger partial charge in [-0.3, -0.25) is 9.59 Å². The molecule has 0 unspecified atom stereocenters. The summed E-state index contributed by atoms with van der Waals surface area (Å²) >= 11 is 16.6. The first-order chi connectivity index (χ1) is 8.00. The smallest absolute Gasteiger partial charge is 0.242 e. The maximum Gasteiger partial charge on any atom is 0.242 e. The zero-order valence-electron chi connectivity index (χ0n) is 9.06. The lowest BCUT2D eigenvalue weighted by molar-refractivity contribution is -0.128. The fourth-order valence-electron chi connectivity index (χ4n) is 1.52. The van der Waals surface area contributed by atoms with Gasteiger partial charge in [0.25, 0.3) is 0 Å². The van der Waals surface area contributed by atoms with Crippen LogP contribution in [0.25, 0.3) is 0 Å². The number of hydrogen-bond donors (Lipinski definition) is 2. The van der Waals surface area contributed by atoms with Crippen LogP contribution in [0.3, 0.4) is 0 Å². The number of hydrogen-bond acceptors (Lipinski definition) is 2. The van der Waals surface area contributed by atoms with E-state index in [1.807, 2.05) is 0 Å². The van der Waals surface area contributed by atoms with E-state index in [9.17, 15) is 9.59 Å². The van der Waals surface area contributed by atoms with E-state index in [1.54, 1.807) is 0 Å². The van der Waals surface area contributed by atoms with Gasteiger partial charge in [-0.15, -0.1) is 0 Å². The van der Waals surface area contributed by atoms with Crippen LogP contribution in [-0.2, 0) is 9.59 Å². The van der Waals surface area contributed by atoms with E-state index in [0.717, 1.165) is 12.8 Å². The van der Waals surface area contributed by atoms with Crippen LogP contribution in [0.15, 0.2) is 9.52 Å². The quantitative estimate of drug-likeness (QED) is 0.838. The molecule has 1 heterocycles. The van der Waals surface area contributed by atoms with Crippen LogP contribution in [0.1, 0.15) is 25.7 Å². The van der Waals surface area contributed by atoms with Crippen molar-refractivity contribution in [2.45, 2.75) is 31.7 Å². The van der Waals surface area contributed by atoms with Crippen LogP contribution in [0.4, 0.5) is 0 Å². The van der Waals surface area contributed by atoms with Gasteiger partial charge < -0.3 is 10.6 Å². The van der Waals surface area contributed by atoms with Crippen LogP contribution in [0.2, 0.25) is 0 Å². The van der Waals surface area contributed by atoms with E-state index in [0.29, 0.717) is 12.8 Å². The molecule has 1 saturated heterocycles. The molecule has 4 nitrogen and oxygen atoms in total. The second-order valence-electron chi connectivity index (χ2n) is 3.75. The average molecular weight is 300 g/mol. The van der Waals surface area contributed by atoms with Crippen molar-refractivity contribution in [3.63, 3.8) is 0 Å². The van der Waals surface area contributed by atoms with E-state index in [4.69, 9.17) is 34.8 Å². The maximum absolute atomic E-state index is 11.7. The zero-order chi connectivity index (χ0) is 12.8. The lowest BCUT2D eigenvalue weighted by Gasteiger charge is -2.15. The van der Waals surface area contributed by atoms with E-state index in [1.165, 1.54) is 0 Å². The molecule has 0 aromatic rings. The van der Waals surface area contributed by atoms with E-state index >= 15 is 0 Å². The zero-order valence-corrected chi connectivity index (χ0v) is 11.3. The highest BCUT2D eigenvalue weighted by molar-refractivity contribution is 6.59. The molecule has 2 N–H and O–H groups in total. The molecule has 0 aromatic carbocycles. The molecule has 0 aromatic heterocycles. The highest BCUT2D eigenvalue weighted by atomic mass is 35.5. The predicted molar refractivity (Wildman–Crippen MR) is 68.0 cm³/mol. The highest BCUT2D eigenvalue weighted by Crippen LogP contribution is 2.16. The normalized spacial score (nSPS) is 20.2. The van der Waals surface area contributed by atoms with Crippen molar-refractivity contribution in [1.29, 1.82) is 0 Å². The minimum Gasteiger partial charge on any atom is -0.349 e. The van der Waals surface area contributed by atoms with Crippen LogP contribution in [0, 0.1) is 0 Å². The summed E-state index contributed by atoms with van der Waals surface area (Å²) in [6.07, 6.45) is 2.76. The summed E-state index contributed by atoms with van der Waals surface area (Å²) in [4.78, 5) is 23.0. The van der Waals surface area contributed by atoms with Gasteiger partial charge in [0.2, 0.25) is 11.8 Å². The van der Waals surface area contributed by atoms with Crippen molar-refractivity contribution in [2.24, 2.45) is 0 Å². The van der Waals surface area contributed by atoms with Gasteiger partial charge in [-0.05, 0) is 12.8 Å². The van der Waals surface area contributed by atoms with E-state index in [2.05, 4.69) is 10.6 Å². The molecule has 96 valence electrons. The minimum atomic E-state index is -0.497. The number of amides is 2. The van der Waals surface area contributed by atoms with Crippen molar-refractivity contribution in [2.75, 3.05) is 6.54 Å². The Kier molecular flexibility index (Phi) is 6.09. The molecule has 0 bridgehead atoms. The Hall–Kier alpha value is -0.450. The number of halogens is 3. The Labute approximate surface area is 115 Å². The van der Waals surface area contributed by atoms with Crippen LogP contribution < -0.4 is 10.6 Å². The second kappa shape index (κ2) is 7.09. The Balaban J connectivity index is 2.46. The van der Waals surface area contributed by atoms with Crippen molar-refractivity contribution in [3.05, 3.63) is 9.52 Å². The van der Waals surface area contributed by atoms with Gasteiger partial charge in [0, 0.05) is 6.42 Å². The van der Waals surface area contributed by atoms with Gasteiger partial charge in [-0.2, -0.15) is 0 Å². The molecule has 0 radical (unpaired) electrons. The third-order valence-electron chi connectivity index (χ3n) is 2.42. The molecule has 1 atom stereocenters. The molecule has 0 spiro atoms. The first kappa shape index (κ1) is 14.6. The van der Waals surface area contributed by atoms with Gasteiger partial charge >= 0.3 is 0 Å². The lowest BCUT2D eigenvalue weighted by Crippen LogP contribution is -2.45. The Bertz CT molecular complexity index is 340. The molecular weight excluding hydrogens is 286 g/mol. The topological polar surface area (TPSA) is 58.2 Å². The number of carbonyl (C=O) groups excluding carboxylic acids is 2. The summed E-state index contributed by atoms with van der Waals surface area (Å²) < 4.78 is -0.0723. The first-order valence-corrected chi connectivity index (χ1v) is 6.41. The molecule has 7 heteroatoms. The average Bonchev–Trinajstić information content (AvgIpc) is 2.50. The van der Waals surface area contributed by atoms with Gasteiger partial charge in [0.15, 0.2) is 0 Å². The Morgan fingerprint density at radius 1 is 1.35 bits per heavy atom. The lowest BCUT2D eigenvalue weighted by atomic mass is 10.1. The fourth-order valence-corrected chi connectivity index (χ4v) is 1.72. The van der Waals surface area contributed by atoms with E-state index < -0.39 is 6.04 Å². The van der Waals surface area contributed by atoms with Crippen LogP contribution in [-0.4, -0.2) is 24.4 Å². The third kappa shape index (κ3) is 5.15. The third-order valence-corrected chi connectivity index (χ3v) is 3.39. The summed E-state index contributed by atoms with van der Waals surface area (Å²) in [5.41, 5.74) is 0. The first-order valence-electron chi connectivity index (χ1n) is 5.27. The monoisotopic (exact) mass is 298 g/mol. The fraction of sp³-hybridized carbons (Fsp3) is 0.600. The Morgan fingerprint density at radius 2 is 2.06 bits per heavy atom. The van der Waals surface area contributed by atoms with Gasteiger partial charge in [-0.1, -0.05) is 41.2 Å². The van der Waals surface area contributed by atoms with Crippen LogP contribution >= 0.6 is 34.8 Å².